The Labute approximate surface area is 186 Å². The van der Waals surface area contributed by atoms with E-state index in [9.17, 15) is 14.0 Å². The predicted octanol–water partition coefficient (Wildman–Crippen LogP) is 5.24. The van der Waals surface area contributed by atoms with E-state index in [1.54, 1.807) is 36.4 Å². The zero-order chi connectivity index (χ0) is 22.8. The van der Waals surface area contributed by atoms with Gasteiger partial charge in [0.25, 0.3) is 11.8 Å². The van der Waals surface area contributed by atoms with Crippen LogP contribution in [0.5, 0.6) is 5.75 Å². The molecule has 1 aliphatic heterocycles. The van der Waals surface area contributed by atoms with Crippen LogP contribution >= 0.6 is 0 Å². The van der Waals surface area contributed by atoms with E-state index < -0.39 is 17.6 Å². The smallest absolute Gasteiger partial charge is 0.282 e. The maximum atomic E-state index is 13.7. The summed E-state index contributed by atoms with van der Waals surface area (Å²) in [7, 11) is 0. The highest BCUT2D eigenvalue weighted by molar-refractivity contribution is 6.46. The molecule has 3 aromatic carbocycles. The molecule has 4 rings (SSSR count). The largest absolute Gasteiger partial charge is 0.494 e. The highest BCUT2D eigenvalue weighted by atomic mass is 19.1. The number of hydrogen-bond acceptors (Lipinski definition) is 4. The molecule has 0 unspecified atom stereocenters. The number of hydrogen-bond donors (Lipinski definition) is 1. The van der Waals surface area contributed by atoms with Gasteiger partial charge in [-0.05, 0) is 79.9 Å². The number of rotatable bonds is 6. The molecular formula is C26H23FN2O3. The van der Waals surface area contributed by atoms with Gasteiger partial charge in [-0.1, -0.05) is 24.3 Å². The van der Waals surface area contributed by atoms with Crippen molar-refractivity contribution in [3.8, 4) is 5.75 Å². The lowest BCUT2D eigenvalue weighted by Gasteiger charge is -2.17. The van der Waals surface area contributed by atoms with E-state index in [1.807, 2.05) is 32.9 Å². The van der Waals surface area contributed by atoms with E-state index in [0.29, 0.717) is 29.3 Å². The molecule has 0 atom stereocenters. The number of anilines is 2. The highest BCUT2D eigenvalue weighted by Crippen LogP contribution is 2.35. The Kier molecular flexibility index (Phi) is 5.77. The Hall–Kier alpha value is -3.93. The zero-order valence-corrected chi connectivity index (χ0v) is 18.1. The third-order valence-electron chi connectivity index (χ3n) is 5.38. The average molecular weight is 430 g/mol. The number of halogens is 1. The molecule has 0 fully saturated rings. The second-order valence-corrected chi connectivity index (χ2v) is 7.56. The van der Waals surface area contributed by atoms with Crippen molar-refractivity contribution in [3.05, 3.63) is 94.9 Å². The van der Waals surface area contributed by atoms with Gasteiger partial charge in [-0.3, -0.25) is 9.59 Å². The molecule has 2 amide bonds. The third kappa shape index (κ3) is 3.99. The first-order chi connectivity index (χ1) is 15.4. The normalized spacial score (nSPS) is 13.7. The summed E-state index contributed by atoms with van der Waals surface area (Å²) in [6, 6.07) is 18.2. The summed E-state index contributed by atoms with van der Waals surface area (Å²) < 4.78 is 19.2. The van der Waals surface area contributed by atoms with Crippen molar-refractivity contribution in [2.75, 3.05) is 16.8 Å². The number of nitrogens with one attached hydrogen (secondary N) is 1. The fourth-order valence-electron chi connectivity index (χ4n) is 3.61. The molecule has 1 aliphatic rings. The maximum absolute atomic E-state index is 13.7. The van der Waals surface area contributed by atoms with Crippen molar-refractivity contribution in [2.45, 2.75) is 20.8 Å². The molecule has 0 radical (unpaired) electrons. The standard InChI is InChI=1S/C26H23FN2O3/c1-4-32-22-12-9-18(10-13-22)23-24(28-20-7-5-6-19(27)15-20)26(31)29(25(23)30)21-11-8-16(2)17(3)14-21/h5-15,28H,4H2,1-3H3. The Balaban J connectivity index is 1.80. The van der Waals surface area contributed by atoms with Crippen LogP contribution in [0.2, 0.25) is 0 Å². The first kappa shape index (κ1) is 21.3. The van der Waals surface area contributed by atoms with E-state index in [1.165, 1.54) is 18.2 Å². The van der Waals surface area contributed by atoms with Crippen molar-refractivity contribution in [3.63, 3.8) is 0 Å². The number of imide groups is 1. The van der Waals surface area contributed by atoms with Crippen LogP contribution in [0, 0.1) is 19.7 Å². The number of amides is 2. The lowest BCUT2D eigenvalue weighted by molar-refractivity contribution is -0.120. The minimum absolute atomic E-state index is 0.1000. The molecular weight excluding hydrogens is 407 g/mol. The van der Waals surface area contributed by atoms with Crippen LogP contribution in [-0.4, -0.2) is 18.4 Å². The molecule has 0 spiro atoms. The number of nitrogens with zero attached hydrogens (tertiary/aromatic N) is 1. The summed E-state index contributed by atoms with van der Waals surface area (Å²) in [5.74, 6) is -0.715. The topological polar surface area (TPSA) is 58.6 Å². The fourth-order valence-corrected chi connectivity index (χ4v) is 3.61. The maximum Gasteiger partial charge on any atom is 0.282 e. The first-order valence-corrected chi connectivity index (χ1v) is 10.3. The highest BCUT2D eigenvalue weighted by Gasteiger charge is 2.40. The number of carbonyl (C=O) groups is 2. The number of benzene rings is 3. The Morgan fingerprint density at radius 3 is 2.31 bits per heavy atom. The Bertz CT molecular complexity index is 1230. The molecule has 1 N–H and O–H groups in total. The summed E-state index contributed by atoms with van der Waals surface area (Å²) in [5.41, 5.74) is 3.79. The van der Waals surface area contributed by atoms with Crippen LogP contribution in [0.4, 0.5) is 15.8 Å². The van der Waals surface area contributed by atoms with E-state index in [-0.39, 0.29) is 11.3 Å². The van der Waals surface area contributed by atoms with Crippen molar-refractivity contribution >= 4 is 28.8 Å². The van der Waals surface area contributed by atoms with Crippen LogP contribution in [0.25, 0.3) is 5.57 Å². The summed E-state index contributed by atoms with van der Waals surface area (Å²) in [5, 5.41) is 2.97. The van der Waals surface area contributed by atoms with Crippen molar-refractivity contribution < 1.29 is 18.7 Å². The van der Waals surface area contributed by atoms with E-state index in [0.717, 1.165) is 16.0 Å². The number of carbonyl (C=O) groups excluding carboxylic acids is 2. The van der Waals surface area contributed by atoms with E-state index >= 15 is 0 Å². The predicted molar refractivity (Wildman–Crippen MR) is 123 cm³/mol. The van der Waals surface area contributed by atoms with Gasteiger partial charge in [0.1, 0.15) is 17.3 Å². The molecule has 3 aromatic rings. The molecule has 5 nitrogen and oxygen atoms in total. The summed E-state index contributed by atoms with van der Waals surface area (Å²) in [6.07, 6.45) is 0. The summed E-state index contributed by atoms with van der Waals surface area (Å²) >= 11 is 0. The van der Waals surface area contributed by atoms with Crippen molar-refractivity contribution in [1.29, 1.82) is 0 Å². The van der Waals surface area contributed by atoms with Crippen LogP contribution in [0.15, 0.2) is 72.4 Å². The molecule has 6 heteroatoms. The lowest BCUT2D eigenvalue weighted by atomic mass is 10.0. The second-order valence-electron chi connectivity index (χ2n) is 7.56. The molecule has 0 aliphatic carbocycles. The van der Waals surface area contributed by atoms with Gasteiger partial charge in [-0.15, -0.1) is 0 Å². The van der Waals surface area contributed by atoms with Gasteiger partial charge in [0.05, 0.1) is 17.9 Å². The monoisotopic (exact) mass is 430 g/mol. The van der Waals surface area contributed by atoms with Crippen LogP contribution in [0.3, 0.4) is 0 Å². The van der Waals surface area contributed by atoms with E-state index in [2.05, 4.69) is 5.32 Å². The van der Waals surface area contributed by atoms with Gasteiger partial charge in [-0.25, -0.2) is 9.29 Å². The second kappa shape index (κ2) is 8.67. The minimum Gasteiger partial charge on any atom is -0.494 e. The summed E-state index contributed by atoms with van der Waals surface area (Å²) in [6.45, 7) is 6.30. The first-order valence-electron chi connectivity index (χ1n) is 10.3. The van der Waals surface area contributed by atoms with Crippen molar-refractivity contribution in [1.82, 2.24) is 0 Å². The fraction of sp³-hybridized carbons (Fsp3) is 0.154. The van der Waals surface area contributed by atoms with Crippen LogP contribution in [0.1, 0.15) is 23.6 Å². The lowest BCUT2D eigenvalue weighted by Crippen LogP contribution is -2.32. The van der Waals surface area contributed by atoms with Gasteiger partial charge in [0.2, 0.25) is 0 Å². The molecule has 0 bridgehead atoms. The van der Waals surface area contributed by atoms with Gasteiger partial charge >= 0.3 is 0 Å². The number of ether oxygens (including phenoxy) is 1. The zero-order valence-electron chi connectivity index (χ0n) is 18.1. The van der Waals surface area contributed by atoms with Gasteiger partial charge in [0.15, 0.2) is 0 Å². The molecule has 0 aromatic heterocycles. The van der Waals surface area contributed by atoms with Gasteiger partial charge in [-0.2, -0.15) is 0 Å². The van der Waals surface area contributed by atoms with Crippen LogP contribution < -0.4 is 15.0 Å². The Morgan fingerprint density at radius 1 is 0.906 bits per heavy atom. The van der Waals surface area contributed by atoms with Crippen molar-refractivity contribution in [2.24, 2.45) is 0 Å². The molecule has 0 saturated heterocycles. The third-order valence-corrected chi connectivity index (χ3v) is 5.38. The van der Waals surface area contributed by atoms with Gasteiger partial charge in [0, 0.05) is 5.69 Å². The SMILES string of the molecule is CCOc1ccc(C2=C(Nc3cccc(F)c3)C(=O)N(c3ccc(C)c(C)c3)C2=O)cc1. The molecule has 0 saturated carbocycles. The molecule has 1 heterocycles. The average Bonchev–Trinajstić information content (AvgIpc) is 3.01. The molecule has 162 valence electrons. The van der Waals surface area contributed by atoms with Crippen LogP contribution in [-0.2, 0) is 9.59 Å². The number of aryl methyl sites for hydroxylation is 2. The molecule has 32 heavy (non-hydrogen) atoms. The quantitative estimate of drug-likeness (QED) is 0.544. The van der Waals surface area contributed by atoms with Gasteiger partial charge < -0.3 is 10.1 Å². The minimum atomic E-state index is -0.494. The van der Waals surface area contributed by atoms with E-state index in [4.69, 9.17) is 4.74 Å². The Morgan fingerprint density at radius 2 is 1.66 bits per heavy atom. The summed E-state index contributed by atoms with van der Waals surface area (Å²) in [4.78, 5) is 28.1.